The Morgan fingerprint density at radius 2 is 1.55 bits per heavy atom. The standard InChI is InChI=1S/C7H7F5O7S/c8-6(9,10)5(7(11,12)20(16,17)18)19-4(15)2-1-3(13)14/h5H,1-2H2,(H,13,14)(H,16,17,18). The number of carboxylic acids is 1. The van der Waals surface area contributed by atoms with E-state index in [4.69, 9.17) is 9.66 Å². The number of esters is 1. The van der Waals surface area contributed by atoms with Gasteiger partial charge in [0.2, 0.25) is 0 Å². The number of rotatable bonds is 6. The maximum absolute atomic E-state index is 12.9. The van der Waals surface area contributed by atoms with Gasteiger partial charge in [-0.05, 0) is 0 Å². The lowest BCUT2D eigenvalue weighted by Crippen LogP contribution is -2.52. The summed E-state index contributed by atoms with van der Waals surface area (Å²) >= 11 is 0. The smallest absolute Gasteiger partial charge is 0.432 e. The number of carbonyl (C=O) groups is 2. The normalized spacial score (nSPS) is 14.7. The molecular formula is C7H7F5O7S. The number of ether oxygens (including phenoxy) is 1. The molecule has 0 saturated heterocycles. The van der Waals surface area contributed by atoms with Crippen LogP contribution in [0.2, 0.25) is 0 Å². The summed E-state index contributed by atoms with van der Waals surface area (Å²) in [5.74, 6) is -3.63. The fraction of sp³-hybridized carbons (Fsp3) is 0.714. The first-order valence-electron chi connectivity index (χ1n) is 4.52. The third-order valence-electron chi connectivity index (χ3n) is 1.74. The van der Waals surface area contributed by atoms with Crippen molar-refractivity contribution in [3.05, 3.63) is 0 Å². The highest BCUT2D eigenvalue weighted by atomic mass is 32.2. The van der Waals surface area contributed by atoms with Gasteiger partial charge in [0.1, 0.15) is 0 Å². The van der Waals surface area contributed by atoms with Crippen LogP contribution in [0.25, 0.3) is 0 Å². The van der Waals surface area contributed by atoms with E-state index in [2.05, 4.69) is 4.74 Å². The largest absolute Gasteiger partial charge is 0.481 e. The second kappa shape index (κ2) is 5.87. The number of alkyl halides is 5. The zero-order chi connectivity index (χ0) is 16.4. The van der Waals surface area contributed by atoms with Crippen molar-refractivity contribution in [3.63, 3.8) is 0 Å². The van der Waals surface area contributed by atoms with Gasteiger partial charge in [0.25, 0.3) is 6.10 Å². The highest BCUT2D eigenvalue weighted by molar-refractivity contribution is 7.86. The van der Waals surface area contributed by atoms with E-state index in [0.29, 0.717) is 0 Å². The summed E-state index contributed by atoms with van der Waals surface area (Å²) in [6, 6.07) is 0. The lowest BCUT2D eigenvalue weighted by Gasteiger charge is -2.25. The van der Waals surface area contributed by atoms with Crippen molar-refractivity contribution in [1.29, 1.82) is 0 Å². The Morgan fingerprint density at radius 3 is 1.85 bits per heavy atom. The molecule has 0 aliphatic carbocycles. The van der Waals surface area contributed by atoms with Gasteiger partial charge < -0.3 is 9.84 Å². The molecule has 0 aliphatic rings. The minimum Gasteiger partial charge on any atom is -0.481 e. The predicted molar refractivity (Wildman–Crippen MR) is 49.3 cm³/mol. The highest BCUT2D eigenvalue weighted by Gasteiger charge is 2.65. The molecule has 0 bridgehead atoms. The maximum Gasteiger partial charge on any atom is 0.432 e. The molecule has 0 amide bonds. The topological polar surface area (TPSA) is 118 Å². The van der Waals surface area contributed by atoms with E-state index in [0.717, 1.165) is 0 Å². The molecule has 2 N–H and O–H groups in total. The van der Waals surface area contributed by atoms with Crippen LogP contribution < -0.4 is 0 Å². The van der Waals surface area contributed by atoms with Gasteiger partial charge in [-0.15, -0.1) is 0 Å². The van der Waals surface area contributed by atoms with Crippen LogP contribution in [-0.4, -0.2) is 47.6 Å². The van der Waals surface area contributed by atoms with Crippen LogP contribution in [0.5, 0.6) is 0 Å². The Labute approximate surface area is 108 Å². The van der Waals surface area contributed by atoms with Crippen LogP contribution in [0, 0.1) is 0 Å². The van der Waals surface area contributed by atoms with Gasteiger partial charge in [-0.3, -0.25) is 14.1 Å². The monoisotopic (exact) mass is 330 g/mol. The molecule has 0 radical (unpaired) electrons. The number of carbonyl (C=O) groups excluding carboxylic acids is 1. The fourth-order valence-electron chi connectivity index (χ4n) is 0.861. The molecule has 13 heteroatoms. The van der Waals surface area contributed by atoms with E-state index < -0.39 is 52.4 Å². The third-order valence-corrected chi connectivity index (χ3v) is 2.64. The van der Waals surface area contributed by atoms with Crippen molar-refractivity contribution in [3.8, 4) is 0 Å². The quantitative estimate of drug-likeness (QED) is 0.420. The molecule has 7 nitrogen and oxygen atoms in total. The van der Waals surface area contributed by atoms with Gasteiger partial charge >= 0.3 is 33.5 Å². The van der Waals surface area contributed by atoms with Gasteiger partial charge in [0.15, 0.2) is 0 Å². The van der Waals surface area contributed by atoms with Crippen molar-refractivity contribution >= 4 is 22.1 Å². The van der Waals surface area contributed by atoms with E-state index in [1.54, 1.807) is 0 Å². The Morgan fingerprint density at radius 1 is 1.10 bits per heavy atom. The number of aliphatic carboxylic acids is 1. The zero-order valence-corrected chi connectivity index (χ0v) is 10.0. The van der Waals surface area contributed by atoms with Crippen molar-refractivity contribution in [2.24, 2.45) is 0 Å². The predicted octanol–water partition coefficient (Wildman–Crippen LogP) is 0.806. The second-order valence-corrected chi connectivity index (χ2v) is 4.84. The zero-order valence-electron chi connectivity index (χ0n) is 9.23. The molecule has 1 unspecified atom stereocenters. The number of hydrogen-bond donors (Lipinski definition) is 2. The molecule has 0 rings (SSSR count). The molecule has 0 aromatic rings. The Hall–Kier alpha value is -1.50. The van der Waals surface area contributed by atoms with Crippen molar-refractivity contribution in [2.75, 3.05) is 0 Å². The first-order valence-corrected chi connectivity index (χ1v) is 5.96. The van der Waals surface area contributed by atoms with Gasteiger partial charge in [0, 0.05) is 0 Å². The first kappa shape index (κ1) is 18.5. The summed E-state index contributed by atoms with van der Waals surface area (Å²) < 4.78 is 94.3. The summed E-state index contributed by atoms with van der Waals surface area (Å²) in [6.07, 6.45) is -12.7. The van der Waals surface area contributed by atoms with Gasteiger partial charge in [-0.2, -0.15) is 30.4 Å². The molecule has 1 atom stereocenters. The summed E-state index contributed by atoms with van der Waals surface area (Å²) in [5, 5.41) is 2.30. The molecule has 0 aromatic carbocycles. The van der Waals surface area contributed by atoms with Crippen LogP contribution in [0.15, 0.2) is 0 Å². The maximum atomic E-state index is 12.9. The van der Waals surface area contributed by atoms with Crippen molar-refractivity contribution < 1.29 is 54.4 Å². The van der Waals surface area contributed by atoms with Gasteiger partial charge in [-0.25, -0.2) is 0 Å². The summed E-state index contributed by atoms with van der Waals surface area (Å²) in [6.45, 7) is 0. The Balaban J connectivity index is 5.23. The highest BCUT2D eigenvalue weighted by Crippen LogP contribution is 2.38. The fourth-order valence-corrected chi connectivity index (χ4v) is 1.31. The molecule has 0 saturated carbocycles. The van der Waals surface area contributed by atoms with Crippen molar-refractivity contribution in [2.45, 2.75) is 30.4 Å². The lowest BCUT2D eigenvalue weighted by atomic mass is 10.3. The second-order valence-electron chi connectivity index (χ2n) is 3.34. The van der Waals surface area contributed by atoms with E-state index in [-0.39, 0.29) is 0 Å². The first-order chi connectivity index (χ1) is 8.69. The van der Waals surface area contributed by atoms with E-state index in [9.17, 15) is 40.0 Å². The third kappa shape index (κ3) is 4.88. The molecule has 0 aliphatic heterocycles. The molecule has 0 aromatic heterocycles. The number of carboxylic acid groups (broad SMARTS) is 1. The minimum absolute atomic E-state index is 1.01. The number of hydrogen-bond acceptors (Lipinski definition) is 5. The van der Waals surface area contributed by atoms with Crippen LogP contribution in [0.4, 0.5) is 22.0 Å². The van der Waals surface area contributed by atoms with Crippen LogP contribution >= 0.6 is 0 Å². The summed E-state index contributed by atoms with van der Waals surface area (Å²) in [4.78, 5) is 20.8. The SMILES string of the molecule is O=C(O)CCC(=O)OC(C(F)(F)F)C(F)(F)S(=O)(=O)O. The van der Waals surface area contributed by atoms with Crippen LogP contribution in [-0.2, 0) is 24.4 Å². The number of halogens is 5. The molecular weight excluding hydrogens is 323 g/mol. The van der Waals surface area contributed by atoms with Gasteiger partial charge in [-0.1, -0.05) is 0 Å². The molecule has 0 fully saturated rings. The van der Waals surface area contributed by atoms with E-state index in [1.807, 2.05) is 0 Å². The summed E-state index contributed by atoms with van der Waals surface area (Å²) in [5.41, 5.74) is 0. The lowest BCUT2D eigenvalue weighted by molar-refractivity contribution is -0.259. The average Bonchev–Trinajstić information content (AvgIpc) is 2.19. The van der Waals surface area contributed by atoms with Crippen LogP contribution in [0.3, 0.4) is 0 Å². The molecule has 0 spiro atoms. The Kier molecular flexibility index (Phi) is 5.43. The molecule has 0 heterocycles. The van der Waals surface area contributed by atoms with E-state index in [1.165, 1.54) is 0 Å². The van der Waals surface area contributed by atoms with E-state index >= 15 is 0 Å². The minimum atomic E-state index is -6.51. The van der Waals surface area contributed by atoms with Crippen molar-refractivity contribution in [1.82, 2.24) is 0 Å². The molecule has 118 valence electrons. The van der Waals surface area contributed by atoms with Crippen LogP contribution in [0.1, 0.15) is 12.8 Å². The Bertz CT molecular complexity index is 482. The molecule has 20 heavy (non-hydrogen) atoms. The van der Waals surface area contributed by atoms with Gasteiger partial charge in [0.05, 0.1) is 12.8 Å². The summed E-state index contributed by atoms with van der Waals surface area (Å²) in [7, 11) is -6.51. The average molecular weight is 330 g/mol.